The smallest absolute Gasteiger partial charge is 0.229 e. The number of hydrogen-bond donors (Lipinski definition) is 0. The lowest BCUT2D eigenvalue weighted by Crippen LogP contribution is -2.70. The third kappa shape index (κ3) is 12.3. The zero-order valence-electron chi connectivity index (χ0n) is 62.6. The van der Waals surface area contributed by atoms with Crippen LogP contribution in [-0.2, 0) is 62.6 Å². The minimum atomic E-state index is 0.244. The van der Waals surface area contributed by atoms with Crippen LogP contribution < -0.4 is 14.7 Å². The fourth-order valence-corrected chi connectivity index (χ4v) is 19.3. The van der Waals surface area contributed by atoms with Crippen molar-refractivity contribution in [2.24, 2.45) is 5.41 Å². The highest BCUT2D eigenvalue weighted by Gasteiger charge is 2.51. The number of benzene rings is 3. The van der Waals surface area contributed by atoms with Crippen LogP contribution in [0.1, 0.15) is 75.8 Å². The van der Waals surface area contributed by atoms with Crippen molar-refractivity contribution in [2.45, 2.75) is 82.3 Å². The largest absolute Gasteiger partial charge is 0.432 e. The van der Waals surface area contributed by atoms with Crippen molar-refractivity contribution in [3.8, 4) is 34.2 Å². The average molecular weight is 1490 g/mol. The van der Waals surface area contributed by atoms with Gasteiger partial charge in [-0.15, -0.1) is 0 Å². The summed E-state index contributed by atoms with van der Waals surface area (Å²) in [6.45, 7) is 20.7. The summed E-state index contributed by atoms with van der Waals surface area (Å²) in [5.41, 5.74) is 21.5. The Labute approximate surface area is 641 Å². The zero-order chi connectivity index (χ0) is 73.3. The van der Waals surface area contributed by atoms with Gasteiger partial charge >= 0.3 is 0 Å². The number of nitrogens with zero attached hydrogens (tertiary/aromatic N) is 16. The summed E-state index contributed by atoms with van der Waals surface area (Å²) in [7, 11) is 2.25. The molecule has 3 aromatic carbocycles. The summed E-state index contributed by atoms with van der Waals surface area (Å²) in [6.07, 6.45) is 27.2. The minimum absolute atomic E-state index is 0.244. The molecule has 9 aliphatic heterocycles. The Balaban J connectivity index is 0.000000102. The van der Waals surface area contributed by atoms with Gasteiger partial charge in [0.05, 0.1) is 87.3 Å². The molecule has 0 amide bonds. The second kappa shape index (κ2) is 27.7. The Morgan fingerprint density at radius 3 is 1.31 bits per heavy atom. The van der Waals surface area contributed by atoms with Gasteiger partial charge in [0.15, 0.2) is 51.7 Å². The van der Waals surface area contributed by atoms with Gasteiger partial charge in [-0.1, -0.05) is 91.1 Å². The molecule has 9 saturated heterocycles. The van der Waals surface area contributed by atoms with Gasteiger partial charge in [-0.2, -0.15) is 0 Å². The summed E-state index contributed by atoms with van der Waals surface area (Å²) >= 11 is 0. The van der Waals surface area contributed by atoms with Gasteiger partial charge in [-0.25, -0.2) is 44.9 Å². The van der Waals surface area contributed by atoms with Crippen molar-refractivity contribution in [3.63, 3.8) is 0 Å². The number of hydrogen-bond acceptors (Lipinski definition) is 24. The van der Waals surface area contributed by atoms with Crippen LogP contribution in [0.15, 0.2) is 123 Å². The molecule has 12 aromatic rings. The molecule has 564 valence electrons. The Bertz CT molecular complexity index is 5560. The van der Waals surface area contributed by atoms with Crippen LogP contribution in [0, 0.1) is 5.41 Å². The Morgan fingerprint density at radius 1 is 0.459 bits per heavy atom. The average Bonchev–Trinajstić information content (AvgIpc) is 1.69. The predicted octanol–water partition coefficient (Wildman–Crippen LogP) is 12.0. The molecule has 1 unspecified atom stereocenters. The molecule has 111 heavy (non-hydrogen) atoms. The third-order valence-electron chi connectivity index (χ3n) is 25.3. The van der Waals surface area contributed by atoms with Gasteiger partial charge in [0.25, 0.3) is 0 Å². The lowest BCUT2D eigenvalue weighted by molar-refractivity contribution is -0.195. The summed E-state index contributed by atoms with van der Waals surface area (Å²) in [4.78, 5) is 61.7. The van der Waals surface area contributed by atoms with Gasteiger partial charge in [-0.3, -0.25) is 14.7 Å². The van der Waals surface area contributed by atoms with E-state index in [2.05, 4.69) is 151 Å². The van der Waals surface area contributed by atoms with Crippen molar-refractivity contribution in [1.29, 1.82) is 0 Å². The maximum absolute atomic E-state index is 6.38. The molecule has 0 N–H and O–H groups in total. The van der Waals surface area contributed by atoms with E-state index in [1.807, 2.05) is 18.6 Å². The van der Waals surface area contributed by atoms with E-state index in [-0.39, 0.29) is 5.54 Å². The summed E-state index contributed by atoms with van der Waals surface area (Å²) in [5.74, 6) is 4.69. The van der Waals surface area contributed by atoms with Crippen LogP contribution in [0.4, 0.5) is 17.5 Å². The molecule has 24 nitrogen and oxygen atoms in total. The number of anilines is 3. The molecule has 24 rings (SSSR count). The standard InChI is InChI=1S/C31H34N6O2.2C28H27N5O3/c1-35-10-8-31(19-35)9-11-36(20-31)18-21-16-25-26-27(39-30(25)32-17-21)29(37-12-14-38-15-13-37)34-28(33-26)24-7-3-5-22-4-2-6-23(22)24;1-3-18-4-2-6-22(21(18)5-1)26-30-24-23-11-17(14-33-15-20-12-19(33)16-35-20)13-29-28(23)36-25(24)27(31-26)32-7-9-34-10-8-32;1-3-19-4-2-6-21(20(19)5-1)25-30-23-22-13-18(15-33-8-7-28(33)16-35-17-28)14-29-27(22)36-24(23)26(31-25)32-9-11-34-12-10-32/h2-3,5-7,16-17H,4,8-15,18-20H2,1H3;1-2,4-6,11,13,19-20H,3,7-10,12,14-16H2;1-2,4-6,13-14H,3,7-12,15-17H2/t;19-,20-;/m.1./s1. The van der Waals surface area contributed by atoms with Crippen LogP contribution in [0.3, 0.4) is 0 Å². The van der Waals surface area contributed by atoms with Crippen molar-refractivity contribution < 1.29 is 36.9 Å². The monoisotopic (exact) mass is 1480 g/mol. The van der Waals surface area contributed by atoms with Crippen LogP contribution in [-0.4, -0.2) is 227 Å². The number of furan rings is 3. The lowest BCUT2D eigenvalue weighted by atomic mass is 9.82. The molecule has 2 bridgehead atoms. The van der Waals surface area contributed by atoms with Crippen LogP contribution >= 0.6 is 0 Å². The van der Waals surface area contributed by atoms with E-state index in [0.717, 1.165) is 214 Å². The first-order valence-electron chi connectivity index (χ1n) is 39.9. The van der Waals surface area contributed by atoms with Crippen LogP contribution in [0.25, 0.3) is 119 Å². The predicted molar refractivity (Wildman–Crippen MR) is 427 cm³/mol. The van der Waals surface area contributed by atoms with E-state index in [1.165, 1.54) is 89.0 Å². The maximum atomic E-state index is 6.38. The van der Waals surface area contributed by atoms with Crippen molar-refractivity contribution >= 4 is 102 Å². The van der Waals surface area contributed by atoms with E-state index in [0.29, 0.717) is 85.5 Å². The fraction of sp³-hybridized carbons (Fsp3) is 0.414. The lowest BCUT2D eigenvalue weighted by Gasteiger charge is -2.57. The molecule has 18 heterocycles. The zero-order valence-corrected chi connectivity index (χ0v) is 62.6. The number of ether oxygens (including phenoxy) is 5. The van der Waals surface area contributed by atoms with Gasteiger partial charge in [0, 0.05) is 126 Å². The molecule has 12 aliphatic rings. The Kier molecular flexibility index (Phi) is 17.0. The SMILES string of the molecule is C1=Cc2c(cccc2-c2nc(N3CCOCC3)c3oc4ncc(CN5CCC56COC6)cc4c3n2)C1.C1=Cc2c(cccc2-c2nc(N3CCOCC3)c3oc4ncc(CN5C[C@H]6C[C@@H]5CO6)cc4c3n2)C1.CN1CCC2(CCN(Cc3cnc4oc5c(N6CCOCC6)nc(-c6cccc7c6C=CC7)nc5c4c3)C2)C1. The number of allylic oxidation sites excluding steroid dienone is 3. The van der Waals surface area contributed by atoms with E-state index in [9.17, 15) is 0 Å². The van der Waals surface area contributed by atoms with E-state index in [4.69, 9.17) is 81.8 Å². The van der Waals surface area contributed by atoms with Gasteiger partial charge < -0.3 is 56.5 Å². The van der Waals surface area contributed by atoms with Crippen LogP contribution in [0.5, 0.6) is 0 Å². The van der Waals surface area contributed by atoms with Gasteiger partial charge in [0.2, 0.25) is 17.1 Å². The number of likely N-dealkylation sites (tertiary alicyclic amines) is 4. The van der Waals surface area contributed by atoms with Crippen molar-refractivity contribution in [2.75, 3.05) is 160 Å². The highest BCUT2D eigenvalue weighted by atomic mass is 16.5. The molecular weight excluding hydrogens is 1400 g/mol. The second-order valence-electron chi connectivity index (χ2n) is 32.4. The van der Waals surface area contributed by atoms with Crippen LogP contribution in [0.2, 0.25) is 0 Å². The first-order chi connectivity index (χ1) is 54.7. The van der Waals surface area contributed by atoms with E-state index < -0.39 is 0 Å². The molecule has 2 spiro atoms. The molecule has 9 aromatic heterocycles. The Morgan fingerprint density at radius 2 is 0.910 bits per heavy atom. The highest BCUT2D eigenvalue weighted by molar-refractivity contribution is 6.08. The first kappa shape index (κ1) is 67.9. The van der Waals surface area contributed by atoms with E-state index >= 15 is 0 Å². The minimum Gasteiger partial charge on any atom is -0.432 e. The molecule has 3 aliphatic carbocycles. The quantitative estimate of drug-likeness (QED) is 0.111. The van der Waals surface area contributed by atoms with Crippen molar-refractivity contribution in [3.05, 3.63) is 160 Å². The first-order valence-corrected chi connectivity index (χ1v) is 39.9. The fourth-order valence-electron chi connectivity index (χ4n) is 19.3. The normalized spacial score (nSPS) is 22.6. The summed E-state index contributed by atoms with van der Waals surface area (Å²) in [5, 5.41) is 2.87. The van der Waals surface area contributed by atoms with E-state index in [1.54, 1.807) is 0 Å². The number of pyridine rings is 3. The third-order valence-corrected chi connectivity index (χ3v) is 25.3. The summed E-state index contributed by atoms with van der Waals surface area (Å²) in [6, 6.07) is 26.4. The molecule has 9 fully saturated rings. The Hall–Kier alpha value is -9.99. The topological polar surface area (TPSA) is 224 Å². The number of aromatic nitrogens is 9. The molecular formula is C87H88N16O8. The summed E-state index contributed by atoms with van der Waals surface area (Å²) < 4.78 is 47.2. The molecule has 0 radical (unpaired) electrons. The number of rotatable bonds is 12. The van der Waals surface area contributed by atoms with Gasteiger partial charge in [0.1, 0.15) is 16.6 Å². The van der Waals surface area contributed by atoms with Gasteiger partial charge in [-0.05, 0) is 139 Å². The second-order valence-corrected chi connectivity index (χ2v) is 32.4. The van der Waals surface area contributed by atoms with Crippen molar-refractivity contribution in [1.82, 2.24) is 64.5 Å². The molecule has 0 saturated carbocycles. The number of fused-ring (bicyclic) bond motifs is 14. The highest BCUT2D eigenvalue weighted by Crippen LogP contribution is 2.45. The molecule has 3 atom stereocenters. The number of morpholine rings is 4. The maximum Gasteiger partial charge on any atom is 0.229 e. The molecule has 24 heteroatoms.